The molecule has 0 fully saturated rings. The first-order valence-electron chi connectivity index (χ1n) is 8.31. The smallest absolute Gasteiger partial charge is 0.326 e. The van der Waals surface area contributed by atoms with E-state index in [0.29, 0.717) is 29.7 Å². The van der Waals surface area contributed by atoms with Gasteiger partial charge >= 0.3 is 5.97 Å². The fourth-order valence-electron chi connectivity index (χ4n) is 2.72. The van der Waals surface area contributed by atoms with Crippen LogP contribution in [0.1, 0.15) is 18.5 Å². The molecule has 6 heteroatoms. The van der Waals surface area contributed by atoms with Crippen molar-refractivity contribution in [2.24, 2.45) is 0 Å². The minimum atomic E-state index is -0.866. The molecule has 1 heterocycles. The number of carboxylic acids is 1. The topological polar surface area (TPSA) is 60.7 Å². The first kappa shape index (κ1) is 18.1. The quantitative estimate of drug-likeness (QED) is 0.609. The molecule has 0 spiro atoms. The van der Waals surface area contributed by atoms with Gasteiger partial charge in [-0.05, 0) is 55.8 Å². The van der Waals surface area contributed by atoms with Gasteiger partial charge in [0.15, 0.2) is 0 Å². The van der Waals surface area contributed by atoms with E-state index in [2.05, 4.69) is 0 Å². The number of benzene rings is 2. The van der Waals surface area contributed by atoms with Gasteiger partial charge in [-0.25, -0.2) is 4.79 Å². The lowest BCUT2D eigenvalue weighted by Crippen LogP contribution is -2.14. The lowest BCUT2D eigenvalue weighted by molar-refractivity contribution is -0.140. The summed E-state index contributed by atoms with van der Waals surface area (Å²) < 4.78 is 13.1. The molecule has 0 aliphatic carbocycles. The number of nitrogens with zero attached hydrogens (tertiary/aromatic N) is 1. The zero-order valence-electron chi connectivity index (χ0n) is 14.6. The number of hydrogen-bond donors (Lipinski definition) is 1. The van der Waals surface area contributed by atoms with Crippen molar-refractivity contribution in [2.45, 2.75) is 19.9 Å². The first-order valence-corrected chi connectivity index (χ1v) is 8.68. The zero-order valence-corrected chi connectivity index (χ0v) is 15.4. The summed E-state index contributed by atoms with van der Waals surface area (Å²) in [7, 11) is 0. The minimum Gasteiger partial charge on any atom is -0.490 e. The Hall–Kier alpha value is -2.66. The molecule has 26 heavy (non-hydrogen) atoms. The summed E-state index contributed by atoms with van der Waals surface area (Å²) in [5.41, 5.74) is 1.94. The maximum atomic E-state index is 11.2. The third-order valence-electron chi connectivity index (χ3n) is 4.16. The largest absolute Gasteiger partial charge is 0.490 e. The van der Waals surface area contributed by atoms with Crippen molar-refractivity contribution in [2.75, 3.05) is 13.2 Å². The molecule has 5 nitrogen and oxygen atoms in total. The molecule has 0 aliphatic heterocycles. The molecule has 2 aromatic carbocycles. The van der Waals surface area contributed by atoms with Gasteiger partial charge in [0.05, 0.1) is 5.02 Å². The van der Waals surface area contributed by atoms with Crippen LogP contribution >= 0.6 is 11.6 Å². The normalized spacial score (nSPS) is 12.1. The van der Waals surface area contributed by atoms with E-state index >= 15 is 0 Å². The molecule has 1 aromatic heterocycles. The van der Waals surface area contributed by atoms with Crippen molar-refractivity contribution in [1.29, 1.82) is 0 Å². The number of aromatic nitrogens is 1. The summed E-state index contributed by atoms with van der Waals surface area (Å²) in [5, 5.41) is 10.7. The Bertz CT molecular complexity index is 935. The fraction of sp³-hybridized carbons (Fsp3) is 0.250. The number of carbonyl (C=O) groups is 1. The molecule has 3 rings (SSSR count). The van der Waals surface area contributed by atoms with Gasteiger partial charge in [0, 0.05) is 17.1 Å². The lowest BCUT2D eigenvalue weighted by Gasteiger charge is -2.12. The number of aliphatic carboxylic acids is 1. The molecular weight excluding hydrogens is 354 g/mol. The molecule has 1 N–H and O–H groups in total. The van der Waals surface area contributed by atoms with Crippen LogP contribution in [0.4, 0.5) is 0 Å². The van der Waals surface area contributed by atoms with Crippen LogP contribution in [-0.4, -0.2) is 28.9 Å². The van der Waals surface area contributed by atoms with Crippen LogP contribution in [-0.2, 0) is 4.79 Å². The van der Waals surface area contributed by atoms with Crippen LogP contribution in [0.5, 0.6) is 11.5 Å². The Labute approximate surface area is 156 Å². The Kier molecular flexibility index (Phi) is 5.38. The lowest BCUT2D eigenvalue weighted by atomic mass is 10.2. The van der Waals surface area contributed by atoms with Crippen molar-refractivity contribution in [1.82, 2.24) is 4.57 Å². The SMILES string of the molecule is Cc1ccc(OCCOc2ccc3c(ccn3C(C)C(=O)O)c2)c(Cl)c1. The van der Waals surface area contributed by atoms with Crippen molar-refractivity contribution >= 4 is 28.5 Å². The van der Waals surface area contributed by atoms with Gasteiger partial charge in [0.1, 0.15) is 30.8 Å². The predicted molar refractivity (Wildman–Crippen MR) is 101 cm³/mol. The predicted octanol–water partition coefficient (Wildman–Crippen LogP) is 4.71. The van der Waals surface area contributed by atoms with Crippen molar-refractivity contribution in [3.63, 3.8) is 0 Å². The molecular formula is C20H20ClNO4. The van der Waals surface area contributed by atoms with Crippen LogP contribution in [0.15, 0.2) is 48.7 Å². The Morgan fingerprint density at radius 1 is 1.15 bits per heavy atom. The van der Waals surface area contributed by atoms with Gasteiger partial charge in [-0.3, -0.25) is 0 Å². The number of fused-ring (bicyclic) bond motifs is 1. The molecule has 0 radical (unpaired) electrons. The highest BCUT2D eigenvalue weighted by Crippen LogP contribution is 2.26. The third-order valence-corrected chi connectivity index (χ3v) is 4.46. The number of carboxylic acid groups (broad SMARTS) is 1. The molecule has 0 bridgehead atoms. The monoisotopic (exact) mass is 373 g/mol. The van der Waals surface area contributed by atoms with Crippen molar-refractivity contribution in [3.8, 4) is 11.5 Å². The average Bonchev–Trinajstić information content (AvgIpc) is 3.02. The van der Waals surface area contributed by atoms with E-state index in [0.717, 1.165) is 16.5 Å². The van der Waals surface area contributed by atoms with Crippen LogP contribution in [0.3, 0.4) is 0 Å². The van der Waals surface area contributed by atoms with E-state index in [1.54, 1.807) is 17.7 Å². The van der Waals surface area contributed by atoms with Crippen LogP contribution in [0.25, 0.3) is 10.9 Å². The zero-order chi connectivity index (χ0) is 18.7. The van der Waals surface area contributed by atoms with Gasteiger partial charge in [-0.2, -0.15) is 0 Å². The molecule has 0 amide bonds. The van der Waals surface area contributed by atoms with Crippen LogP contribution in [0, 0.1) is 6.92 Å². The molecule has 0 saturated heterocycles. The van der Waals surface area contributed by atoms with Crippen molar-refractivity contribution < 1.29 is 19.4 Å². The summed E-state index contributed by atoms with van der Waals surface area (Å²) in [6.07, 6.45) is 1.77. The van der Waals surface area contributed by atoms with E-state index in [4.69, 9.17) is 21.1 Å². The highest BCUT2D eigenvalue weighted by Gasteiger charge is 2.15. The van der Waals surface area contributed by atoms with Gasteiger partial charge in [0.2, 0.25) is 0 Å². The molecule has 3 aromatic rings. The summed E-state index contributed by atoms with van der Waals surface area (Å²) >= 11 is 6.13. The first-order chi connectivity index (χ1) is 12.5. The number of hydrogen-bond acceptors (Lipinski definition) is 3. The Balaban J connectivity index is 1.60. The van der Waals surface area contributed by atoms with Crippen LogP contribution < -0.4 is 9.47 Å². The van der Waals surface area contributed by atoms with E-state index in [1.165, 1.54) is 0 Å². The van der Waals surface area contributed by atoms with E-state index in [-0.39, 0.29) is 0 Å². The van der Waals surface area contributed by atoms with Gasteiger partial charge < -0.3 is 19.1 Å². The Morgan fingerprint density at radius 3 is 2.65 bits per heavy atom. The molecule has 1 unspecified atom stereocenters. The third kappa shape index (κ3) is 3.94. The molecule has 0 aliphatic rings. The van der Waals surface area contributed by atoms with Crippen molar-refractivity contribution in [3.05, 3.63) is 59.2 Å². The number of halogens is 1. The fourth-order valence-corrected chi connectivity index (χ4v) is 3.01. The summed E-state index contributed by atoms with van der Waals surface area (Å²) in [4.78, 5) is 11.2. The van der Waals surface area contributed by atoms with Gasteiger partial charge in [-0.1, -0.05) is 17.7 Å². The molecule has 0 saturated carbocycles. The van der Waals surface area contributed by atoms with Gasteiger partial charge in [-0.15, -0.1) is 0 Å². The second-order valence-corrected chi connectivity index (χ2v) is 6.50. The highest BCUT2D eigenvalue weighted by atomic mass is 35.5. The van der Waals surface area contributed by atoms with Gasteiger partial charge in [0.25, 0.3) is 0 Å². The number of rotatable bonds is 7. The maximum absolute atomic E-state index is 11.2. The number of aryl methyl sites for hydroxylation is 1. The number of ether oxygens (including phenoxy) is 2. The average molecular weight is 374 g/mol. The standard InChI is InChI=1S/C20H20ClNO4/c1-13-3-6-19(17(21)11-13)26-10-9-25-16-4-5-18-15(12-16)7-8-22(18)14(2)20(23)24/h3-8,11-12,14H,9-10H2,1-2H3,(H,23,24). The second kappa shape index (κ2) is 7.70. The van der Waals surface area contributed by atoms with Crippen LogP contribution in [0.2, 0.25) is 5.02 Å². The van der Waals surface area contributed by atoms with E-state index < -0.39 is 12.0 Å². The van der Waals surface area contributed by atoms with E-state index in [1.807, 2.05) is 49.4 Å². The second-order valence-electron chi connectivity index (χ2n) is 6.09. The van der Waals surface area contributed by atoms with E-state index in [9.17, 15) is 9.90 Å². The Morgan fingerprint density at radius 2 is 1.92 bits per heavy atom. The summed E-state index contributed by atoms with van der Waals surface area (Å²) in [6, 6.07) is 12.5. The molecule has 136 valence electrons. The highest BCUT2D eigenvalue weighted by molar-refractivity contribution is 6.32. The molecule has 1 atom stereocenters. The maximum Gasteiger partial charge on any atom is 0.326 e. The summed E-state index contributed by atoms with van der Waals surface area (Å²) in [6.45, 7) is 4.37. The minimum absolute atomic E-state index is 0.373. The summed E-state index contributed by atoms with van der Waals surface area (Å²) in [5.74, 6) is 0.475.